The van der Waals surface area contributed by atoms with Crippen LogP contribution in [0.15, 0.2) is 72.9 Å². The van der Waals surface area contributed by atoms with Gasteiger partial charge in [0, 0.05) is 36.3 Å². The number of aromatic nitrogens is 1. The molecule has 1 heterocycles. The second kappa shape index (κ2) is 14.8. The van der Waals surface area contributed by atoms with E-state index in [4.69, 9.17) is 32.7 Å². The third-order valence-electron chi connectivity index (χ3n) is 8.29. The molecule has 3 aromatic carbocycles. The smallest absolute Gasteiger partial charge is 0.407 e. The quantitative estimate of drug-likeness (QED) is 0.143. The highest BCUT2D eigenvalue weighted by Crippen LogP contribution is 2.35. The van der Waals surface area contributed by atoms with Crippen LogP contribution >= 0.6 is 23.2 Å². The molecule has 1 atom stereocenters. The van der Waals surface area contributed by atoms with Crippen LogP contribution in [0.1, 0.15) is 50.3 Å². The number of rotatable bonds is 13. The lowest BCUT2D eigenvalue weighted by molar-refractivity contribution is -0.137. The summed E-state index contributed by atoms with van der Waals surface area (Å²) >= 11 is 12.5. The maximum absolute atomic E-state index is 14.4. The molecule has 1 aliphatic carbocycles. The number of nitrogens with zero attached hydrogens (tertiary/aromatic N) is 3. The number of carboxylic acid groups (broad SMARTS) is 1. The van der Waals surface area contributed by atoms with Gasteiger partial charge in [-0.05, 0) is 100 Å². The first-order valence-corrected chi connectivity index (χ1v) is 16.6. The molecular formula is C37H41Cl2N3O5. The maximum atomic E-state index is 14.4. The minimum atomic E-state index is -1.05. The molecular weight excluding hydrogens is 637 g/mol. The van der Waals surface area contributed by atoms with Gasteiger partial charge in [0.05, 0.1) is 21.5 Å². The SMILES string of the molecule is Cc1cc(Cl)c(OCCOc2ccc(CC(CN(C(=O)O)C(C)(C)C)C(=O)N(Cc3ccnc4ccccc34)C3CC3)cc2)c(Cl)c1. The standard InChI is InChI=1S/C37H41Cl2N3O5/c1-24-19-31(38)34(32(39)20-24)47-18-17-46-29-13-9-25(10-14-29)21-27(23-42(36(44)45)37(2,3)4)35(43)41(28-11-12-28)22-26-15-16-40-33-8-6-5-7-30(26)33/h5-10,13-16,19-20,27-28H,11-12,17-18,21-23H2,1-4H3,(H,44,45). The maximum Gasteiger partial charge on any atom is 0.407 e. The Morgan fingerprint density at radius 1 is 0.979 bits per heavy atom. The Bertz CT molecular complexity index is 1690. The molecule has 0 radical (unpaired) electrons. The molecule has 1 unspecified atom stereocenters. The number of amides is 2. The largest absolute Gasteiger partial charge is 0.490 e. The Balaban J connectivity index is 1.30. The average molecular weight is 679 g/mol. The third kappa shape index (κ3) is 8.87. The number of hydrogen-bond acceptors (Lipinski definition) is 5. The summed E-state index contributed by atoms with van der Waals surface area (Å²) < 4.78 is 11.6. The van der Waals surface area contributed by atoms with Crippen molar-refractivity contribution in [2.45, 2.75) is 65.1 Å². The van der Waals surface area contributed by atoms with Gasteiger partial charge in [-0.3, -0.25) is 9.78 Å². The number of benzene rings is 3. The van der Waals surface area contributed by atoms with Gasteiger partial charge in [-0.25, -0.2) is 4.79 Å². The van der Waals surface area contributed by atoms with Crippen molar-refractivity contribution in [2.24, 2.45) is 5.92 Å². The molecule has 1 saturated carbocycles. The highest BCUT2D eigenvalue weighted by atomic mass is 35.5. The number of hydrogen-bond donors (Lipinski definition) is 1. The summed E-state index contributed by atoms with van der Waals surface area (Å²) in [6.07, 6.45) is 2.97. The summed E-state index contributed by atoms with van der Waals surface area (Å²) in [4.78, 5) is 34.6. The average Bonchev–Trinajstić information content (AvgIpc) is 3.86. The summed E-state index contributed by atoms with van der Waals surface area (Å²) in [7, 11) is 0. The van der Waals surface area contributed by atoms with Crippen LogP contribution in [0.3, 0.4) is 0 Å². The number of fused-ring (bicyclic) bond motifs is 1. The number of aryl methyl sites for hydroxylation is 1. The van der Waals surface area contributed by atoms with Crippen LogP contribution < -0.4 is 9.47 Å². The number of ether oxygens (including phenoxy) is 2. The monoisotopic (exact) mass is 677 g/mol. The molecule has 248 valence electrons. The van der Waals surface area contributed by atoms with E-state index in [2.05, 4.69) is 4.98 Å². The molecule has 8 nitrogen and oxygen atoms in total. The fourth-order valence-corrected chi connectivity index (χ4v) is 6.41. The fraction of sp³-hybridized carbons (Fsp3) is 0.378. The van der Waals surface area contributed by atoms with Gasteiger partial charge in [0.2, 0.25) is 5.91 Å². The summed E-state index contributed by atoms with van der Waals surface area (Å²) in [5, 5.41) is 12.0. The molecule has 1 N–H and O–H groups in total. The Morgan fingerprint density at radius 2 is 1.64 bits per heavy atom. The van der Waals surface area contributed by atoms with Crippen molar-refractivity contribution in [1.29, 1.82) is 0 Å². The van der Waals surface area contributed by atoms with Crippen molar-refractivity contribution in [3.8, 4) is 11.5 Å². The molecule has 2 amide bonds. The van der Waals surface area contributed by atoms with E-state index in [-0.39, 0.29) is 31.7 Å². The first-order valence-electron chi connectivity index (χ1n) is 15.8. The zero-order chi connectivity index (χ0) is 33.7. The molecule has 0 aliphatic heterocycles. The molecule has 4 aromatic rings. The van der Waals surface area contributed by atoms with Crippen molar-refractivity contribution >= 4 is 46.1 Å². The summed E-state index contributed by atoms with van der Waals surface area (Å²) in [6.45, 7) is 8.51. The lowest BCUT2D eigenvalue weighted by Gasteiger charge is -2.37. The van der Waals surface area contributed by atoms with E-state index in [0.29, 0.717) is 34.5 Å². The summed E-state index contributed by atoms with van der Waals surface area (Å²) in [5.41, 5.74) is 3.09. The topological polar surface area (TPSA) is 92.2 Å². The fourth-order valence-electron chi connectivity index (χ4n) is 5.71. The van der Waals surface area contributed by atoms with Crippen LogP contribution in [0.5, 0.6) is 11.5 Å². The van der Waals surface area contributed by atoms with E-state index in [9.17, 15) is 14.7 Å². The first-order chi connectivity index (χ1) is 22.4. The molecule has 1 aliphatic rings. The van der Waals surface area contributed by atoms with Gasteiger partial charge < -0.3 is 24.4 Å². The predicted molar refractivity (Wildman–Crippen MR) is 186 cm³/mol. The lowest BCUT2D eigenvalue weighted by atomic mass is 9.94. The van der Waals surface area contributed by atoms with Crippen LogP contribution in [0.2, 0.25) is 10.0 Å². The second-order valence-electron chi connectivity index (χ2n) is 13.0. The van der Waals surface area contributed by atoms with Gasteiger partial charge in [-0.15, -0.1) is 0 Å². The second-order valence-corrected chi connectivity index (χ2v) is 13.9. The van der Waals surface area contributed by atoms with Gasteiger partial charge in [-0.1, -0.05) is 53.5 Å². The van der Waals surface area contributed by atoms with Crippen LogP contribution in [0, 0.1) is 12.8 Å². The summed E-state index contributed by atoms with van der Waals surface area (Å²) in [6, 6.07) is 21.1. The molecule has 0 spiro atoms. The zero-order valence-electron chi connectivity index (χ0n) is 27.2. The van der Waals surface area contributed by atoms with Gasteiger partial charge in [0.1, 0.15) is 19.0 Å². The third-order valence-corrected chi connectivity index (χ3v) is 8.85. The van der Waals surface area contributed by atoms with Gasteiger partial charge in [0.15, 0.2) is 5.75 Å². The Labute approximate surface area is 286 Å². The van der Waals surface area contributed by atoms with Crippen molar-refractivity contribution in [2.75, 3.05) is 19.8 Å². The minimum absolute atomic E-state index is 0.0465. The van der Waals surface area contributed by atoms with Crippen LogP contribution in [-0.2, 0) is 17.8 Å². The van der Waals surface area contributed by atoms with E-state index >= 15 is 0 Å². The predicted octanol–water partition coefficient (Wildman–Crippen LogP) is 8.44. The lowest BCUT2D eigenvalue weighted by Crippen LogP contribution is -2.51. The van der Waals surface area contributed by atoms with Crippen molar-refractivity contribution in [3.63, 3.8) is 0 Å². The van der Waals surface area contributed by atoms with Gasteiger partial charge >= 0.3 is 6.09 Å². The van der Waals surface area contributed by atoms with E-state index < -0.39 is 17.6 Å². The van der Waals surface area contributed by atoms with Crippen LogP contribution in [0.4, 0.5) is 4.79 Å². The number of carbonyl (C=O) groups excluding carboxylic acids is 1. The van der Waals surface area contributed by atoms with Gasteiger partial charge in [-0.2, -0.15) is 0 Å². The molecule has 1 fully saturated rings. The highest BCUT2D eigenvalue weighted by molar-refractivity contribution is 6.37. The van der Waals surface area contributed by atoms with Crippen molar-refractivity contribution in [1.82, 2.24) is 14.8 Å². The Morgan fingerprint density at radius 3 is 2.28 bits per heavy atom. The van der Waals surface area contributed by atoms with E-state index in [1.54, 1.807) is 18.3 Å². The summed E-state index contributed by atoms with van der Waals surface area (Å²) in [5.74, 6) is 0.446. The first kappa shape index (κ1) is 34.3. The van der Waals surface area contributed by atoms with E-state index in [0.717, 1.165) is 40.4 Å². The molecule has 0 saturated heterocycles. The minimum Gasteiger partial charge on any atom is -0.490 e. The highest BCUT2D eigenvalue weighted by Gasteiger charge is 2.39. The van der Waals surface area contributed by atoms with Crippen molar-refractivity contribution in [3.05, 3.63) is 99.7 Å². The Kier molecular flexibility index (Phi) is 10.8. The normalized spacial score (nSPS) is 13.7. The van der Waals surface area contributed by atoms with E-state index in [1.165, 1.54) is 4.90 Å². The molecule has 0 bridgehead atoms. The van der Waals surface area contributed by atoms with E-state index in [1.807, 2.05) is 87.2 Å². The zero-order valence-corrected chi connectivity index (χ0v) is 28.7. The number of para-hydroxylation sites is 1. The van der Waals surface area contributed by atoms with Gasteiger partial charge in [0.25, 0.3) is 0 Å². The Hall–Kier alpha value is -4.01. The molecule has 5 rings (SSSR count). The number of carbonyl (C=O) groups is 2. The number of pyridine rings is 1. The van der Waals surface area contributed by atoms with Crippen LogP contribution in [-0.4, -0.2) is 63.2 Å². The molecule has 1 aromatic heterocycles. The molecule has 10 heteroatoms. The molecule has 47 heavy (non-hydrogen) atoms. The number of halogens is 2. The van der Waals surface area contributed by atoms with Crippen molar-refractivity contribution < 1.29 is 24.2 Å². The van der Waals surface area contributed by atoms with Crippen LogP contribution in [0.25, 0.3) is 10.9 Å².